The molecule has 0 aliphatic heterocycles. The van der Waals surface area contributed by atoms with Crippen LogP contribution < -0.4 is 0 Å². The monoisotopic (exact) mass is 424 g/mol. The van der Waals surface area contributed by atoms with Gasteiger partial charge < -0.3 is 5.11 Å². The molecular weight excluding hydrogens is 406 g/mol. The van der Waals surface area contributed by atoms with Gasteiger partial charge in [-0.15, -0.1) is 0 Å². The first kappa shape index (κ1) is 20.2. The van der Waals surface area contributed by atoms with E-state index in [0.29, 0.717) is 15.8 Å². The van der Waals surface area contributed by atoms with Gasteiger partial charge in [0, 0.05) is 16.9 Å². The molecule has 7 heteroatoms. The first-order valence-corrected chi connectivity index (χ1v) is 10.1. The smallest absolute Gasteiger partial charge is 0.172 e. The van der Waals surface area contributed by atoms with Crippen LogP contribution in [-0.4, -0.2) is 27.0 Å². The van der Waals surface area contributed by atoms with Crippen molar-refractivity contribution in [1.29, 1.82) is 0 Å². The van der Waals surface area contributed by atoms with Crippen LogP contribution in [-0.2, 0) is 5.41 Å². The molecule has 0 amide bonds. The van der Waals surface area contributed by atoms with Crippen molar-refractivity contribution in [3.63, 3.8) is 0 Å². The lowest BCUT2D eigenvalue weighted by Gasteiger charge is -2.27. The average Bonchev–Trinajstić information content (AvgIpc) is 3.07. The SMILES string of the molecule is CC(C)(c1ccc(Cl)c(Cl)c1)c1cnc(SCCO)n1-c1ccc(F)cc1. The summed E-state index contributed by atoms with van der Waals surface area (Å²) in [5.41, 5.74) is 2.28. The number of imidazole rings is 1. The van der Waals surface area contributed by atoms with Gasteiger partial charge in [0.2, 0.25) is 0 Å². The molecule has 0 aliphatic carbocycles. The molecule has 0 bridgehead atoms. The molecule has 1 heterocycles. The molecular formula is C20H19Cl2FN2OS. The lowest BCUT2D eigenvalue weighted by molar-refractivity contribution is 0.322. The Morgan fingerprint density at radius 3 is 2.44 bits per heavy atom. The normalized spacial score (nSPS) is 11.8. The van der Waals surface area contributed by atoms with E-state index in [0.717, 1.165) is 22.1 Å². The first-order chi connectivity index (χ1) is 12.8. The number of aromatic nitrogens is 2. The predicted molar refractivity (Wildman–Crippen MR) is 110 cm³/mol. The quantitative estimate of drug-likeness (QED) is 0.513. The molecule has 27 heavy (non-hydrogen) atoms. The minimum absolute atomic E-state index is 0.0481. The zero-order valence-electron chi connectivity index (χ0n) is 14.9. The number of halogens is 3. The van der Waals surface area contributed by atoms with Crippen molar-refractivity contribution in [2.75, 3.05) is 12.4 Å². The van der Waals surface area contributed by atoms with Crippen LogP contribution in [0.15, 0.2) is 53.8 Å². The molecule has 142 valence electrons. The van der Waals surface area contributed by atoms with E-state index in [2.05, 4.69) is 18.8 Å². The summed E-state index contributed by atoms with van der Waals surface area (Å²) in [5, 5.41) is 10.9. The Bertz CT molecular complexity index is 942. The lowest BCUT2D eigenvalue weighted by Crippen LogP contribution is -2.23. The van der Waals surface area contributed by atoms with Crippen LogP contribution in [0.3, 0.4) is 0 Å². The second-order valence-corrected chi connectivity index (χ2v) is 8.44. The third kappa shape index (κ3) is 4.16. The van der Waals surface area contributed by atoms with E-state index >= 15 is 0 Å². The molecule has 0 fully saturated rings. The molecule has 3 aromatic rings. The van der Waals surface area contributed by atoms with Crippen molar-refractivity contribution in [1.82, 2.24) is 9.55 Å². The first-order valence-electron chi connectivity index (χ1n) is 8.38. The Balaban J connectivity index is 2.14. The second-order valence-electron chi connectivity index (χ2n) is 6.56. The second kappa shape index (κ2) is 8.23. The van der Waals surface area contributed by atoms with Crippen LogP contribution >= 0.6 is 35.0 Å². The molecule has 0 saturated carbocycles. The van der Waals surface area contributed by atoms with Gasteiger partial charge in [0.05, 0.1) is 28.5 Å². The number of thioether (sulfide) groups is 1. The fourth-order valence-electron chi connectivity index (χ4n) is 2.89. The van der Waals surface area contributed by atoms with Gasteiger partial charge in [-0.3, -0.25) is 4.57 Å². The predicted octanol–water partition coefficient (Wildman–Crippen LogP) is 5.73. The Kier molecular flexibility index (Phi) is 6.16. The summed E-state index contributed by atoms with van der Waals surface area (Å²) in [6, 6.07) is 11.9. The fourth-order valence-corrected chi connectivity index (χ4v) is 3.92. The number of aliphatic hydroxyl groups excluding tert-OH is 1. The molecule has 3 nitrogen and oxygen atoms in total. The van der Waals surface area contributed by atoms with Gasteiger partial charge in [-0.2, -0.15) is 0 Å². The third-order valence-corrected chi connectivity index (χ3v) is 6.09. The van der Waals surface area contributed by atoms with E-state index in [1.54, 1.807) is 18.2 Å². The minimum Gasteiger partial charge on any atom is -0.396 e. The Hall–Kier alpha value is -1.53. The fraction of sp³-hybridized carbons (Fsp3) is 0.250. The van der Waals surface area contributed by atoms with E-state index in [1.807, 2.05) is 22.9 Å². The van der Waals surface area contributed by atoms with Crippen molar-refractivity contribution in [3.05, 3.63) is 75.8 Å². The topological polar surface area (TPSA) is 38.1 Å². The van der Waals surface area contributed by atoms with Crippen molar-refractivity contribution in [2.24, 2.45) is 0 Å². The van der Waals surface area contributed by atoms with Gasteiger partial charge in [-0.05, 0) is 42.0 Å². The number of benzene rings is 2. The van der Waals surface area contributed by atoms with E-state index < -0.39 is 5.41 Å². The van der Waals surface area contributed by atoms with Crippen LogP contribution in [0.5, 0.6) is 0 Å². The van der Waals surface area contributed by atoms with Crippen molar-refractivity contribution in [2.45, 2.75) is 24.4 Å². The largest absolute Gasteiger partial charge is 0.396 e. The highest BCUT2D eigenvalue weighted by atomic mass is 35.5. The molecule has 0 unspecified atom stereocenters. The molecule has 2 aromatic carbocycles. The van der Waals surface area contributed by atoms with Crippen molar-refractivity contribution >= 4 is 35.0 Å². The number of hydrogen-bond donors (Lipinski definition) is 1. The third-order valence-electron chi connectivity index (χ3n) is 4.42. The maximum atomic E-state index is 13.4. The maximum Gasteiger partial charge on any atom is 0.172 e. The van der Waals surface area contributed by atoms with Gasteiger partial charge in [0.15, 0.2) is 5.16 Å². The molecule has 3 rings (SSSR count). The zero-order chi connectivity index (χ0) is 19.6. The van der Waals surface area contributed by atoms with Gasteiger partial charge in [-0.1, -0.05) is 54.9 Å². The standard InChI is InChI=1S/C20H19Cl2FN2OS/c1-20(2,13-3-8-16(21)17(22)11-13)18-12-24-19(27-10-9-26)25(18)15-6-4-14(23)5-7-15/h3-8,11-12,26H,9-10H2,1-2H3. The summed E-state index contributed by atoms with van der Waals surface area (Å²) >= 11 is 13.7. The highest BCUT2D eigenvalue weighted by molar-refractivity contribution is 7.99. The summed E-state index contributed by atoms with van der Waals surface area (Å²) in [4.78, 5) is 4.55. The Morgan fingerprint density at radius 1 is 1.11 bits per heavy atom. The maximum absolute atomic E-state index is 13.4. The molecule has 0 saturated heterocycles. The average molecular weight is 425 g/mol. The van der Waals surface area contributed by atoms with Gasteiger partial charge in [0.1, 0.15) is 5.82 Å². The van der Waals surface area contributed by atoms with Gasteiger partial charge >= 0.3 is 0 Å². The van der Waals surface area contributed by atoms with E-state index in [4.69, 9.17) is 23.2 Å². The van der Waals surface area contributed by atoms with Crippen LogP contribution in [0.4, 0.5) is 4.39 Å². The minimum atomic E-state index is -0.437. The van der Waals surface area contributed by atoms with Crippen LogP contribution in [0.25, 0.3) is 5.69 Å². The highest BCUT2D eigenvalue weighted by Crippen LogP contribution is 2.38. The molecule has 0 radical (unpaired) electrons. The summed E-state index contributed by atoms with van der Waals surface area (Å²) in [6.45, 7) is 4.20. The number of nitrogens with zero attached hydrogens (tertiary/aromatic N) is 2. The molecule has 0 aliphatic rings. The Labute approximate surface area is 172 Å². The zero-order valence-corrected chi connectivity index (χ0v) is 17.2. The highest BCUT2D eigenvalue weighted by Gasteiger charge is 2.30. The van der Waals surface area contributed by atoms with Gasteiger partial charge in [-0.25, -0.2) is 9.37 Å². The Morgan fingerprint density at radius 2 is 1.81 bits per heavy atom. The summed E-state index contributed by atoms with van der Waals surface area (Å²) in [6.07, 6.45) is 1.81. The van der Waals surface area contributed by atoms with E-state index in [9.17, 15) is 9.50 Å². The summed E-state index contributed by atoms with van der Waals surface area (Å²) < 4.78 is 15.4. The number of hydrogen-bond acceptors (Lipinski definition) is 3. The molecule has 1 aromatic heterocycles. The van der Waals surface area contributed by atoms with Crippen LogP contribution in [0.2, 0.25) is 10.0 Å². The molecule has 0 spiro atoms. The molecule has 1 N–H and O–H groups in total. The number of aliphatic hydroxyl groups is 1. The van der Waals surface area contributed by atoms with Crippen LogP contribution in [0, 0.1) is 5.82 Å². The van der Waals surface area contributed by atoms with E-state index in [-0.39, 0.29) is 12.4 Å². The van der Waals surface area contributed by atoms with Crippen molar-refractivity contribution < 1.29 is 9.50 Å². The summed E-state index contributed by atoms with van der Waals surface area (Å²) in [7, 11) is 0. The summed E-state index contributed by atoms with van der Waals surface area (Å²) in [5.74, 6) is 0.221. The van der Waals surface area contributed by atoms with E-state index in [1.165, 1.54) is 23.9 Å². The van der Waals surface area contributed by atoms with Gasteiger partial charge in [0.25, 0.3) is 0 Å². The van der Waals surface area contributed by atoms with Crippen molar-refractivity contribution in [3.8, 4) is 5.69 Å². The van der Waals surface area contributed by atoms with Crippen LogP contribution in [0.1, 0.15) is 25.1 Å². The lowest BCUT2D eigenvalue weighted by atomic mass is 9.81. The number of rotatable bonds is 6. The molecule has 0 atom stereocenters.